The molecule has 0 bridgehead atoms. The Labute approximate surface area is 112 Å². The Balaban J connectivity index is 0.00000128. The van der Waals surface area contributed by atoms with Crippen molar-refractivity contribution in [3.8, 4) is 11.1 Å². The van der Waals surface area contributed by atoms with Crippen LogP contribution in [-0.4, -0.2) is 0 Å². The number of hydrogen-bond donors (Lipinski definition) is 2. The number of anilines is 2. The lowest BCUT2D eigenvalue weighted by Crippen LogP contribution is -1.94. The van der Waals surface area contributed by atoms with Gasteiger partial charge in [-0.1, -0.05) is 18.2 Å². The van der Waals surface area contributed by atoms with Crippen molar-refractivity contribution in [1.82, 2.24) is 0 Å². The van der Waals surface area contributed by atoms with E-state index in [0.29, 0.717) is 22.5 Å². The fraction of sp³-hybridized carbons (Fsp3) is 0. The van der Waals surface area contributed by atoms with Gasteiger partial charge in [-0.05, 0) is 24.3 Å². The van der Waals surface area contributed by atoms with Crippen molar-refractivity contribution < 1.29 is 4.39 Å². The van der Waals surface area contributed by atoms with E-state index < -0.39 is 0 Å². The molecule has 0 aliphatic heterocycles. The number of rotatable bonds is 1. The number of halogens is 3. The molecule has 0 atom stereocenters. The maximum absolute atomic E-state index is 13.5. The Morgan fingerprint density at radius 2 is 1.47 bits per heavy atom. The molecule has 0 saturated carbocycles. The second kappa shape index (κ2) is 6.33. The lowest BCUT2D eigenvalue weighted by Gasteiger charge is -2.07. The van der Waals surface area contributed by atoms with E-state index in [4.69, 9.17) is 11.5 Å². The summed E-state index contributed by atoms with van der Waals surface area (Å²) >= 11 is 0. The van der Waals surface area contributed by atoms with Crippen LogP contribution in [0.1, 0.15) is 0 Å². The molecule has 92 valence electrons. The Bertz CT molecular complexity index is 504. The van der Waals surface area contributed by atoms with Gasteiger partial charge < -0.3 is 11.5 Å². The van der Waals surface area contributed by atoms with E-state index in [1.807, 2.05) is 0 Å². The maximum Gasteiger partial charge on any atom is 0.131 e. The van der Waals surface area contributed by atoms with Crippen LogP contribution in [0.4, 0.5) is 15.8 Å². The van der Waals surface area contributed by atoms with Crippen molar-refractivity contribution in [1.29, 1.82) is 0 Å². The standard InChI is InChI=1S/C12H11FN2.2ClH/c13-11-4-2-1-3-9(11)10-7-8(14)5-6-12(10)15;;/h1-7H,14-15H2;2*1H. The summed E-state index contributed by atoms with van der Waals surface area (Å²) < 4.78 is 13.5. The molecule has 0 aliphatic rings. The largest absolute Gasteiger partial charge is 0.399 e. The molecular weight excluding hydrogens is 262 g/mol. The third-order valence-corrected chi connectivity index (χ3v) is 2.24. The summed E-state index contributed by atoms with van der Waals surface area (Å²) in [5.74, 6) is -0.296. The molecule has 5 heteroatoms. The zero-order chi connectivity index (χ0) is 10.8. The van der Waals surface area contributed by atoms with E-state index in [9.17, 15) is 4.39 Å². The van der Waals surface area contributed by atoms with Gasteiger partial charge in [-0.15, -0.1) is 24.8 Å². The van der Waals surface area contributed by atoms with E-state index in [1.165, 1.54) is 6.07 Å². The molecule has 0 aromatic heterocycles. The predicted octanol–water partition coefficient (Wildman–Crippen LogP) is 3.50. The normalized spacial score (nSPS) is 9.00. The van der Waals surface area contributed by atoms with Crippen molar-refractivity contribution in [2.45, 2.75) is 0 Å². The molecule has 4 N–H and O–H groups in total. The van der Waals surface area contributed by atoms with Crippen LogP contribution in [0.25, 0.3) is 11.1 Å². The average molecular weight is 275 g/mol. The van der Waals surface area contributed by atoms with E-state index in [1.54, 1.807) is 36.4 Å². The molecule has 2 aromatic carbocycles. The van der Waals surface area contributed by atoms with Gasteiger partial charge in [0.2, 0.25) is 0 Å². The molecule has 0 radical (unpaired) electrons. The molecule has 2 nitrogen and oxygen atoms in total. The van der Waals surface area contributed by atoms with Crippen LogP contribution in [0.3, 0.4) is 0 Å². The van der Waals surface area contributed by atoms with Gasteiger partial charge in [0, 0.05) is 22.5 Å². The summed E-state index contributed by atoms with van der Waals surface area (Å²) in [4.78, 5) is 0. The SMILES string of the molecule is Cl.Cl.Nc1ccc(N)c(-c2ccccc2F)c1. The highest BCUT2D eigenvalue weighted by Gasteiger charge is 2.07. The minimum atomic E-state index is -0.296. The molecule has 2 aromatic rings. The Hall–Kier alpha value is -1.45. The Morgan fingerprint density at radius 1 is 0.824 bits per heavy atom. The molecular formula is C12H13Cl2FN2. The maximum atomic E-state index is 13.5. The Kier molecular flexibility index (Phi) is 5.79. The van der Waals surface area contributed by atoms with Crippen molar-refractivity contribution >= 4 is 36.2 Å². The first-order valence-electron chi connectivity index (χ1n) is 4.58. The van der Waals surface area contributed by atoms with Gasteiger partial charge in [-0.3, -0.25) is 0 Å². The molecule has 17 heavy (non-hydrogen) atoms. The summed E-state index contributed by atoms with van der Waals surface area (Å²) in [5, 5.41) is 0. The van der Waals surface area contributed by atoms with E-state index >= 15 is 0 Å². The van der Waals surface area contributed by atoms with Gasteiger partial charge in [0.25, 0.3) is 0 Å². The summed E-state index contributed by atoms with van der Waals surface area (Å²) in [5.41, 5.74) is 13.6. The van der Waals surface area contributed by atoms with Crippen molar-refractivity contribution in [2.75, 3.05) is 11.5 Å². The van der Waals surface area contributed by atoms with Gasteiger partial charge in [0.15, 0.2) is 0 Å². The summed E-state index contributed by atoms with van der Waals surface area (Å²) in [6.07, 6.45) is 0. The number of hydrogen-bond acceptors (Lipinski definition) is 2. The molecule has 0 fully saturated rings. The molecule has 0 heterocycles. The molecule has 2 rings (SSSR count). The van der Waals surface area contributed by atoms with Gasteiger partial charge in [0.05, 0.1) is 0 Å². The molecule has 0 aliphatic carbocycles. The van der Waals surface area contributed by atoms with Crippen molar-refractivity contribution in [3.05, 3.63) is 48.3 Å². The number of nitrogens with two attached hydrogens (primary N) is 2. The molecule has 0 spiro atoms. The van der Waals surface area contributed by atoms with Crippen LogP contribution >= 0.6 is 24.8 Å². The van der Waals surface area contributed by atoms with Crippen molar-refractivity contribution in [3.63, 3.8) is 0 Å². The van der Waals surface area contributed by atoms with Gasteiger partial charge in [-0.25, -0.2) is 4.39 Å². The monoisotopic (exact) mass is 274 g/mol. The lowest BCUT2D eigenvalue weighted by atomic mass is 10.0. The summed E-state index contributed by atoms with van der Waals surface area (Å²) in [6, 6.07) is 11.5. The minimum Gasteiger partial charge on any atom is -0.399 e. The van der Waals surface area contributed by atoms with Crippen LogP contribution in [0.15, 0.2) is 42.5 Å². The quantitative estimate of drug-likeness (QED) is 0.782. The second-order valence-corrected chi connectivity index (χ2v) is 3.33. The van der Waals surface area contributed by atoms with Gasteiger partial charge >= 0.3 is 0 Å². The topological polar surface area (TPSA) is 52.0 Å². The first-order valence-corrected chi connectivity index (χ1v) is 4.58. The second-order valence-electron chi connectivity index (χ2n) is 3.33. The summed E-state index contributed by atoms with van der Waals surface area (Å²) in [7, 11) is 0. The zero-order valence-electron chi connectivity index (χ0n) is 8.89. The summed E-state index contributed by atoms with van der Waals surface area (Å²) in [6.45, 7) is 0. The van der Waals surface area contributed by atoms with E-state index in [2.05, 4.69) is 0 Å². The van der Waals surface area contributed by atoms with Gasteiger partial charge in [0.1, 0.15) is 5.82 Å². The van der Waals surface area contributed by atoms with Crippen LogP contribution in [0.2, 0.25) is 0 Å². The molecule has 0 unspecified atom stereocenters. The van der Waals surface area contributed by atoms with Crippen LogP contribution in [0, 0.1) is 5.82 Å². The third kappa shape index (κ3) is 3.25. The number of benzene rings is 2. The van der Waals surface area contributed by atoms with E-state index in [-0.39, 0.29) is 30.6 Å². The predicted molar refractivity (Wildman–Crippen MR) is 75.2 cm³/mol. The Morgan fingerprint density at radius 3 is 2.12 bits per heavy atom. The molecule has 0 amide bonds. The fourth-order valence-electron chi connectivity index (χ4n) is 1.49. The zero-order valence-corrected chi connectivity index (χ0v) is 10.5. The van der Waals surface area contributed by atoms with Crippen LogP contribution < -0.4 is 11.5 Å². The third-order valence-electron chi connectivity index (χ3n) is 2.24. The minimum absolute atomic E-state index is 0. The first kappa shape index (κ1) is 15.6. The highest BCUT2D eigenvalue weighted by Crippen LogP contribution is 2.29. The van der Waals surface area contributed by atoms with E-state index in [0.717, 1.165) is 0 Å². The molecule has 0 saturated heterocycles. The van der Waals surface area contributed by atoms with Crippen LogP contribution in [0.5, 0.6) is 0 Å². The van der Waals surface area contributed by atoms with Gasteiger partial charge in [-0.2, -0.15) is 0 Å². The first-order chi connectivity index (χ1) is 7.18. The lowest BCUT2D eigenvalue weighted by molar-refractivity contribution is 0.631. The highest BCUT2D eigenvalue weighted by atomic mass is 35.5. The fourth-order valence-corrected chi connectivity index (χ4v) is 1.49. The van der Waals surface area contributed by atoms with Crippen LogP contribution in [-0.2, 0) is 0 Å². The number of nitrogen functional groups attached to an aromatic ring is 2. The average Bonchev–Trinajstić information content (AvgIpc) is 2.23. The highest BCUT2D eigenvalue weighted by molar-refractivity contribution is 5.85. The smallest absolute Gasteiger partial charge is 0.131 e. The van der Waals surface area contributed by atoms with Crippen molar-refractivity contribution in [2.24, 2.45) is 0 Å².